The number of carbonyl (C=O) groups excluding carboxylic acids is 1. The molecule has 0 radical (unpaired) electrons. The zero-order chi connectivity index (χ0) is 21.9. The van der Waals surface area contributed by atoms with Crippen molar-refractivity contribution in [1.82, 2.24) is 0 Å². The quantitative estimate of drug-likeness (QED) is 0.549. The molecule has 0 saturated carbocycles. The molecule has 156 valence electrons. The summed E-state index contributed by atoms with van der Waals surface area (Å²) in [4.78, 5) is 13.4. The summed E-state index contributed by atoms with van der Waals surface area (Å²) in [5.74, 6) is 0.0161. The maximum absolute atomic E-state index is 13.4. The number of rotatable bonds is 6. The highest BCUT2D eigenvalue weighted by Gasteiger charge is 2.32. The van der Waals surface area contributed by atoms with E-state index >= 15 is 0 Å². The number of benzene rings is 3. The number of halogens is 1. The molecule has 8 heteroatoms. The molecule has 0 heterocycles. The molecule has 30 heavy (non-hydrogen) atoms. The van der Waals surface area contributed by atoms with Crippen molar-refractivity contribution in [3.8, 4) is 11.5 Å². The second-order valence-electron chi connectivity index (χ2n) is 6.43. The van der Waals surface area contributed by atoms with Gasteiger partial charge in [0.05, 0.1) is 24.8 Å². The molecule has 3 aromatic rings. The van der Waals surface area contributed by atoms with Gasteiger partial charge < -0.3 is 9.47 Å². The Morgan fingerprint density at radius 1 is 0.867 bits per heavy atom. The van der Waals surface area contributed by atoms with Gasteiger partial charge in [-0.1, -0.05) is 29.3 Å². The van der Waals surface area contributed by atoms with Crippen LogP contribution < -0.4 is 13.8 Å². The lowest BCUT2D eigenvalue weighted by atomic mass is 10.1. The smallest absolute Gasteiger partial charge is 0.272 e. The van der Waals surface area contributed by atoms with Gasteiger partial charge in [-0.25, -0.2) is 8.42 Å². The number of methoxy groups -OCH3 is 2. The van der Waals surface area contributed by atoms with Gasteiger partial charge in [0.2, 0.25) is 0 Å². The maximum Gasteiger partial charge on any atom is 0.272 e. The monoisotopic (exact) mass is 445 g/mol. The van der Waals surface area contributed by atoms with E-state index in [9.17, 15) is 13.2 Å². The summed E-state index contributed by atoms with van der Waals surface area (Å²) in [5.41, 5.74) is 1.28. The first-order valence-electron chi connectivity index (χ1n) is 8.92. The third kappa shape index (κ3) is 4.27. The average Bonchev–Trinajstić information content (AvgIpc) is 2.74. The number of aryl methyl sites for hydroxylation is 1. The van der Waals surface area contributed by atoms with Gasteiger partial charge in [0, 0.05) is 10.6 Å². The lowest BCUT2D eigenvalue weighted by molar-refractivity contribution is 0.100. The maximum atomic E-state index is 13.4. The van der Waals surface area contributed by atoms with Gasteiger partial charge in [0.15, 0.2) is 11.5 Å². The van der Waals surface area contributed by atoms with Gasteiger partial charge in [-0.15, -0.1) is 0 Å². The van der Waals surface area contributed by atoms with E-state index < -0.39 is 15.9 Å². The molecule has 0 unspecified atom stereocenters. The molecule has 0 aliphatic carbocycles. The summed E-state index contributed by atoms with van der Waals surface area (Å²) in [5, 5.41) is 0.391. The topological polar surface area (TPSA) is 72.9 Å². The van der Waals surface area contributed by atoms with Gasteiger partial charge in [0.1, 0.15) is 0 Å². The van der Waals surface area contributed by atoms with Crippen LogP contribution in [-0.4, -0.2) is 28.5 Å². The number of nitrogens with zero attached hydrogens (tertiary/aromatic N) is 1. The highest BCUT2D eigenvalue weighted by Crippen LogP contribution is 2.31. The van der Waals surface area contributed by atoms with E-state index in [1.807, 2.05) is 6.92 Å². The van der Waals surface area contributed by atoms with E-state index in [2.05, 4.69) is 0 Å². The summed E-state index contributed by atoms with van der Waals surface area (Å²) in [7, 11) is -1.30. The molecule has 0 spiro atoms. The Kier molecular flexibility index (Phi) is 6.34. The molecule has 3 rings (SSSR count). The first-order chi connectivity index (χ1) is 14.3. The van der Waals surface area contributed by atoms with Crippen molar-refractivity contribution < 1.29 is 22.7 Å². The van der Waals surface area contributed by atoms with Gasteiger partial charge in [-0.05, 0) is 61.5 Å². The van der Waals surface area contributed by atoms with Crippen LogP contribution in [0.1, 0.15) is 15.9 Å². The van der Waals surface area contributed by atoms with E-state index in [-0.39, 0.29) is 16.1 Å². The Labute approximate surface area is 180 Å². The van der Waals surface area contributed by atoms with E-state index in [1.165, 1.54) is 50.6 Å². The SMILES string of the molecule is COc1ccc(C(=O)N(c2ccc(C)cc2)S(=O)(=O)c2ccc(Cl)cc2)cc1OC. The van der Waals surface area contributed by atoms with Crippen LogP contribution in [0.15, 0.2) is 71.6 Å². The summed E-state index contributed by atoms with van der Waals surface area (Å²) < 4.78 is 38.1. The van der Waals surface area contributed by atoms with Gasteiger partial charge in [0.25, 0.3) is 15.9 Å². The van der Waals surface area contributed by atoms with Crippen LogP contribution >= 0.6 is 11.6 Å². The van der Waals surface area contributed by atoms with E-state index in [1.54, 1.807) is 30.3 Å². The lowest BCUT2D eigenvalue weighted by Gasteiger charge is -2.23. The molecule has 0 atom stereocenters. The second kappa shape index (κ2) is 8.77. The van der Waals surface area contributed by atoms with Gasteiger partial charge in [-0.2, -0.15) is 4.31 Å². The molecule has 3 aromatic carbocycles. The predicted octanol–water partition coefficient (Wildman–Crippen LogP) is 4.70. The fourth-order valence-electron chi connectivity index (χ4n) is 2.84. The van der Waals surface area contributed by atoms with Crippen LogP contribution in [0.4, 0.5) is 5.69 Å². The predicted molar refractivity (Wildman–Crippen MR) is 116 cm³/mol. The van der Waals surface area contributed by atoms with Crippen molar-refractivity contribution in [3.05, 3.63) is 82.9 Å². The Balaban J connectivity index is 2.16. The molecule has 1 amide bonds. The van der Waals surface area contributed by atoms with Gasteiger partial charge >= 0.3 is 0 Å². The molecule has 0 saturated heterocycles. The summed E-state index contributed by atoms with van der Waals surface area (Å²) in [6, 6.07) is 16.8. The average molecular weight is 446 g/mol. The minimum atomic E-state index is -4.21. The van der Waals surface area contributed by atoms with E-state index in [0.29, 0.717) is 16.5 Å². The first-order valence-corrected chi connectivity index (χ1v) is 10.7. The molecular weight excluding hydrogens is 426 g/mol. The van der Waals surface area contributed by atoms with Crippen molar-refractivity contribution in [2.45, 2.75) is 11.8 Å². The Hall–Kier alpha value is -3.03. The molecule has 0 N–H and O–H groups in total. The standard InChI is InChI=1S/C22H20ClNO5S/c1-15-4-9-18(10-5-15)24(30(26,27)19-11-7-17(23)8-12-19)22(25)16-6-13-20(28-2)21(14-16)29-3/h4-14H,1-3H3. The van der Waals surface area contributed by atoms with Crippen molar-refractivity contribution >= 4 is 33.2 Å². The minimum absolute atomic E-state index is 0.0544. The Morgan fingerprint density at radius 2 is 1.47 bits per heavy atom. The highest BCUT2D eigenvalue weighted by molar-refractivity contribution is 7.93. The van der Waals surface area contributed by atoms with Crippen LogP contribution in [0.25, 0.3) is 0 Å². The van der Waals surface area contributed by atoms with Gasteiger partial charge in [-0.3, -0.25) is 4.79 Å². The van der Waals surface area contributed by atoms with Crippen molar-refractivity contribution in [3.63, 3.8) is 0 Å². The second-order valence-corrected chi connectivity index (χ2v) is 8.66. The number of anilines is 1. The zero-order valence-electron chi connectivity index (χ0n) is 16.6. The third-order valence-electron chi connectivity index (χ3n) is 4.44. The van der Waals surface area contributed by atoms with Crippen LogP contribution in [0, 0.1) is 6.92 Å². The molecule has 6 nitrogen and oxygen atoms in total. The fourth-order valence-corrected chi connectivity index (χ4v) is 4.38. The molecular formula is C22H20ClNO5S. The number of sulfonamides is 1. The normalized spacial score (nSPS) is 11.1. The van der Waals surface area contributed by atoms with Crippen molar-refractivity contribution in [1.29, 1.82) is 0 Å². The summed E-state index contributed by atoms with van der Waals surface area (Å²) in [6.07, 6.45) is 0. The first kappa shape index (κ1) is 21.7. The summed E-state index contributed by atoms with van der Waals surface area (Å²) in [6.45, 7) is 1.87. The van der Waals surface area contributed by atoms with Crippen LogP contribution in [0.2, 0.25) is 5.02 Å². The number of hydrogen-bond acceptors (Lipinski definition) is 5. The molecule has 0 aliphatic rings. The van der Waals surface area contributed by atoms with Crippen molar-refractivity contribution in [2.75, 3.05) is 18.5 Å². The van der Waals surface area contributed by atoms with E-state index in [4.69, 9.17) is 21.1 Å². The number of carbonyl (C=O) groups is 1. The molecule has 0 bridgehead atoms. The number of amides is 1. The number of ether oxygens (including phenoxy) is 2. The Morgan fingerprint density at radius 3 is 2.03 bits per heavy atom. The highest BCUT2D eigenvalue weighted by atomic mass is 35.5. The van der Waals surface area contributed by atoms with Crippen LogP contribution in [0.3, 0.4) is 0 Å². The zero-order valence-corrected chi connectivity index (χ0v) is 18.2. The minimum Gasteiger partial charge on any atom is -0.493 e. The Bertz CT molecular complexity index is 1160. The lowest BCUT2D eigenvalue weighted by Crippen LogP contribution is -2.37. The molecule has 0 aromatic heterocycles. The van der Waals surface area contributed by atoms with E-state index in [0.717, 1.165) is 9.87 Å². The largest absolute Gasteiger partial charge is 0.493 e. The summed E-state index contributed by atoms with van der Waals surface area (Å²) >= 11 is 5.90. The molecule has 0 aliphatic heterocycles. The molecule has 0 fully saturated rings. The number of hydrogen-bond donors (Lipinski definition) is 0. The third-order valence-corrected chi connectivity index (χ3v) is 6.41. The van der Waals surface area contributed by atoms with Crippen molar-refractivity contribution in [2.24, 2.45) is 0 Å². The fraction of sp³-hybridized carbons (Fsp3) is 0.136. The van der Waals surface area contributed by atoms with Crippen LogP contribution in [0.5, 0.6) is 11.5 Å². The van der Waals surface area contributed by atoms with Crippen LogP contribution in [-0.2, 0) is 10.0 Å².